The number of benzene rings is 1. The van der Waals surface area contributed by atoms with Gasteiger partial charge in [-0.1, -0.05) is 17.7 Å². The highest BCUT2D eigenvalue weighted by molar-refractivity contribution is 5.42. The SMILES string of the molecule is Cc1cc(C)c(OCC2CC2)c(C)c1. The summed E-state index contributed by atoms with van der Waals surface area (Å²) in [7, 11) is 0. The summed E-state index contributed by atoms with van der Waals surface area (Å²) in [5.74, 6) is 1.93. The van der Waals surface area contributed by atoms with Gasteiger partial charge in [-0.3, -0.25) is 0 Å². The maximum Gasteiger partial charge on any atom is 0.125 e. The maximum absolute atomic E-state index is 5.85. The predicted molar refractivity (Wildman–Crippen MR) is 58.9 cm³/mol. The van der Waals surface area contributed by atoms with Crippen molar-refractivity contribution in [3.05, 3.63) is 28.8 Å². The van der Waals surface area contributed by atoms with Crippen LogP contribution in [0.3, 0.4) is 0 Å². The number of hydrogen-bond acceptors (Lipinski definition) is 1. The first-order chi connectivity index (χ1) is 6.66. The van der Waals surface area contributed by atoms with Gasteiger partial charge < -0.3 is 4.74 Å². The third-order valence-corrected chi connectivity index (χ3v) is 2.76. The second kappa shape index (κ2) is 3.64. The van der Waals surface area contributed by atoms with E-state index in [9.17, 15) is 0 Å². The van der Waals surface area contributed by atoms with Crippen molar-refractivity contribution < 1.29 is 4.74 Å². The van der Waals surface area contributed by atoms with Gasteiger partial charge >= 0.3 is 0 Å². The Morgan fingerprint density at radius 3 is 2.21 bits per heavy atom. The molecule has 0 aromatic heterocycles. The Morgan fingerprint density at radius 2 is 1.71 bits per heavy atom. The van der Waals surface area contributed by atoms with E-state index in [1.807, 2.05) is 0 Å². The molecule has 1 aromatic rings. The molecular formula is C13H18O. The van der Waals surface area contributed by atoms with E-state index in [2.05, 4.69) is 32.9 Å². The molecule has 0 atom stereocenters. The molecule has 1 nitrogen and oxygen atoms in total. The van der Waals surface area contributed by atoms with Gasteiger partial charge in [0.2, 0.25) is 0 Å². The van der Waals surface area contributed by atoms with E-state index in [1.54, 1.807) is 0 Å². The van der Waals surface area contributed by atoms with Gasteiger partial charge in [-0.25, -0.2) is 0 Å². The Hall–Kier alpha value is -0.980. The maximum atomic E-state index is 5.85. The zero-order chi connectivity index (χ0) is 10.1. The molecule has 0 unspecified atom stereocenters. The summed E-state index contributed by atoms with van der Waals surface area (Å²) in [4.78, 5) is 0. The van der Waals surface area contributed by atoms with E-state index in [0.717, 1.165) is 18.3 Å². The molecule has 0 aliphatic heterocycles. The van der Waals surface area contributed by atoms with Crippen LogP contribution in [-0.2, 0) is 0 Å². The number of ether oxygens (including phenoxy) is 1. The van der Waals surface area contributed by atoms with Crippen molar-refractivity contribution in [1.82, 2.24) is 0 Å². The van der Waals surface area contributed by atoms with E-state index in [1.165, 1.54) is 29.5 Å². The molecule has 1 aliphatic carbocycles. The molecule has 0 amide bonds. The lowest BCUT2D eigenvalue weighted by atomic mass is 10.1. The Kier molecular flexibility index (Phi) is 2.49. The van der Waals surface area contributed by atoms with Gasteiger partial charge in [-0.05, 0) is 50.7 Å². The second-order valence-corrected chi connectivity index (χ2v) is 4.48. The normalized spacial score (nSPS) is 15.6. The first-order valence-electron chi connectivity index (χ1n) is 5.37. The summed E-state index contributed by atoms with van der Waals surface area (Å²) in [6.45, 7) is 7.29. The number of hydrogen-bond donors (Lipinski definition) is 0. The summed E-state index contributed by atoms with van der Waals surface area (Å²) in [6, 6.07) is 4.38. The Labute approximate surface area is 86.1 Å². The molecule has 0 spiro atoms. The van der Waals surface area contributed by atoms with Crippen LogP contribution in [0.5, 0.6) is 5.75 Å². The molecule has 1 aliphatic rings. The fourth-order valence-electron chi connectivity index (χ4n) is 1.88. The van der Waals surface area contributed by atoms with Crippen LogP contribution in [0.2, 0.25) is 0 Å². The minimum Gasteiger partial charge on any atom is -0.493 e. The molecule has 0 N–H and O–H groups in total. The average molecular weight is 190 g/mol. The van der Waals surface area contributed by atoms with Crippen molar-refractivity contribution in [2.75, 3.05) is 6.61 Å². The molecule has 0 heterocycles. The van der Waals surface area contributed by atoms with Crippen molar-refractivity contribution in [3.8, 4) is 5.75 Å². The van der Waals surface area contributed by atoms with Crippen molar-refractivity contribution in [2.45, 2.75) is 33.6 Å². The summed E-state index contributed by atoms with van der Waals surface area (Å²) in [6.07, 6.45) is 2.70. The summed E-state index contributed by atoms with van der Waals surface area (Å²) >= 11 is 0. The molecule has 0 saturated heterocycles. The minimum atomic E-state index is 0.829. The van der Waals surface area contributed by atoms with E-state index in [0.29, 0.717) is 0 Å². The fraction of sp³-hybridized carbons (Fsp3) is 0.538. The largest absolute Gasteiger partial charge is 0.493 e. The van der Waals surface area contributed by atoms with Crippen LogP contribution in [0.25, 0.3) is 0 Å². The standard InChI is InChI=1S/C13H18O/c1-9-6-10(2)13(11(3)7-9)14-8-12-4-5-12/h6-7,12H,4-5,8H2,1-3H3. The first-order valence-corrected chi connectivity index (χ1v) is 5.37. The van der Waals surface area contributed by atoms with E-state index in [-0.39, 0.29) is 0 Å². The van der Waals surface area contributed by atoms with Gasteiger partial charge in [0.15, 0.2) is 0 Å². The van der Waals surface area contributed by atoms with Crippen LogP contribution in [0.15, 0.2) is 12.1 Å². The molecule has 1 heteroatoms. The van der Waals surface area contributed by atoms with E-state index < -0.39 is 0 Å². The Bertz CT molecular complexity index is 314. The number of aryl methyl sites for hydroxylation is 3. The van der Waals surface area contributed by atoms with Crippen molar-refractivity contribution in [3.63, 3.8) is 0 Å². The van der Waals surface area contributed by atoms with Crippen molar-refractivity contribution >= 4 is 0 Å². The van der Waals surface area contributed by atoms with Crippen LogP contribution in [-0.4, -0.2) is 6.61 Å². The quantitative estimate of drug-likeness (QED) is 0.709. The smallest absolute Gasteiger partial charge is 0.125 e. The van der Waals surface area contributed by atoms with Gasteiger partial charge in [-0.15, -0.1) is 0 Å². The van der Waals surface area contributed by atoms with Gasteiger partial charge in [0.05, 0.1) is 6.61 Å². The minimum absolute atomic E-state index is 0.829. The Balaban J connectivity index is 2.13. The van der Waals surface area contributed by atoms with Crippen LogP contribution >= 0.6 is 0 Å². The topological polar surface area (TPSA) is 9.23 Å². The molecule has 1 saturated carbocycles. The van der Waals surface area contributed by atoms with Crippen LogP contribution in [0.4, 0.5) is 0 Å². The van der Waals surface area contributed by atoms with E-state index in [4.69, 9.17) is 4.74 Å². The second-order valence-electron chi connectivity index (χ2n) is 4.48. The third-order valence-electron chi connectivity index (χ3n) is 2.76. The summed E-state index contributed by atoms with van der Waals surface area (Å²) in [5, 5.41) is 0. The number of rotatable bonds is 3. The zero-order valence-electron chi connectivity index (χ0n) is 9.26. The third kappa shape index (κ3) is 2.09. The highest BCUT2D eigenvalue weighted by Gasteiger charge is 2.22. The molecule has 0 radical (unpaired) electrons. The molecule has 0 bridgehead atoms. The summed E-state index contributed by atoms with van der Waals surface area (Å²) in [5.41, 5.74) is 3.85. The molecular weight excluding hydrogens is 172 g/mol. The molecule has 2 rings (SSSR count). The molecule has 76 valence electrons. The van der Waals surface area contributed by atoms with Crippen LogP contribution in [0, 0.1) is 26.7 Å². The highest BCUT2D eigenvalue weighted by atomic mass is 16.5. The van der Waals surface area contributed by atoms with Gasteiger partial charge in [-0.2, -0.15) is 0 Å². The molecule has 14 heavy (non-hydrogen) atoms. The lowest BCUT2D eigenvalue weighted by Gasteiger charge is -2.12. The van der Waals surface area contributed by atoms with Crippen LogP contribution in [0.1, 0.15) is 29.5 Å². The molecule has 1 aromatic carbocycles. The molecule has 1 fully saturated rings. The first kappa shape index (κ1) is 9.57. The predicted octanol–water partition coefficient (Wildman–Crippen LogP) is 3.40. The van der Waals surface area contributed by atoms with Gasteiger partial charge in [0, 0.05) is 0 Å². The zero-order valence-corrected chi connectivity index (χ0v) is 9.26. The monoisotopic (exact) mass is 190 g/mol. The average Bonchev–Trinajstić information content (AvgIpc) is 2.85. The van der Waals surface area contributed by atoms with Gasteiger partial charge in [0.25, 0.3) is 0 Å². The van der Waals surface area contributed by atoms with Crippen molar-refractivity contribution in [1.29, 1.82) is 0 Å². The lowest BCUT2D eigenvalue weighted by Crippen LogP contribution is -2.02. The van der Waals surface area contributed by atoms with Crippen LogP contribution < -0.4 is 4.74 Å². The highest BCUT2D eigenvalue weighted by Crippen LogP contribution is 2.31. The van der Waals surface area contributed by atoms with Gasteiger partial charge in [0.1, 0.15) is 5.75 Å². The van der Waals surface area contributed by atoms with E-state index >= 15 is 0 Å². The fourth-order valence-corrected chi connectivity index (χ4v) is 1.88. The Morgan fingerprint density at radius 1 is 1.14 bits per heavy atom. The van der Waals surface area contributed by atoms with Crippen molar-refractivity contribution in [2.24, 2.45) is 5.92 Å². The lowest BCUT2D eigenvalue weighted by molar-refractivity contribution is 0.296. The summed E-state index contributed by atoms with van der Waals surface area (Å²) < 4.78 is 5.85.